The van der Waals surface area contributed by atoms with Gasteiger partial charge in [0.1, 0.15) is 0 Å². The first-order chi connectivity index (χ1) is 6.63. The van der Waals surface area contributed by atoms with Gasteiger partial charge in [0.2, 0.25) is 5.91 Å². The molecule has 1 amide bonds. The first-order valence-electron chi connectivity index (χ1n) is 4.85. The van der Waals surface area contributed by atoms with Crippen molar-refractivity contribution in [1.82, 2.24) is 10.6 Å². The Bertz CT molecular complexity index is 207. The van der Waals surface area contributed by atoms with Crippen molar-refractivity contribution in [2.45, 2.75) is 30.7 Å². The number of amides is 1. The molecule has 3 atom stereocenters. The first kappa shape index (κ1) is 15.0. The smallest absolute Gasteiger partial charge is 0.237 e. The van der Waals surface area contributed by atoms with E-state index in [0.717, 1.165) is 0 Å². The zero-order valence-corrected chi connectivity index (χ0v) is 10.7. The topological polar surface area (TPSA) is 61.4 Å². The van der Waals surface area contributed by atoms with Gasteiger partial charge >= 0.3 is 0 Å². The highest BCUT2D eigenvalue weighted by atomic mass is 35.5. The highest BCUT2D eigenvalue weighted by Gasteiger charge is 2.27. The molecule has 15 heavy (non-hydrogen) atoms. The van der Waals surface area contributed by atoms with Crippen LogP contribution in [0.5, 0.6) is 0 Å². The highest BCUT2D eigenvalue weighted by Crippen LogP contribution is 2.07. The lowest BCUT2D eigenvalue weighted by atomic mass is 10.2. The van der Waals surface area contributed by atoms with E-state index in [9.17, 15) is 9.90 Å². The van der Waals surface area contributed by atoms with Crippen molar-refractivity contribution in [1.29, 1.82) is 0 Å². The molecular weight excluding hydrogens is 236 g/mol. The van der Waals surface area contributed by atoms with Crippen LogP contribution in [0.15, 0.2) is 0 Å². The third kappa shape index (κ3) is 5.06. The fraction of sp³-hybridized carbons (Fsp3) is 0.889. The van der Waals surface area contributed by atoms with Gasteiger partial charge in [-0.2, -0.15) is 11.8 Å². The fourth-order valence-corrected chi connectivity index (χ4v) is 1.62. The number of rotatable bonds is 4. The average Bonchev–Trinajstić information content (AvgIpc) is 2.60. The van der Waals surface area contributed by atoms with E-state index >= 15 is 0 Å². The molecule has 0 aromatic carbocycles. The second-order valence-electron chi connectivity index (χ2n) is 3.64. The molecule has 90 valence electrons. The van der Waals surface area contributed by atoms with Gasteiger partial charge in [-0.05, 0) is 12.7 Å². The van der Waals surface area contributed by atoms with Crippen LogP contribution in [0.4, 0.5) is 0 Å². The number of hydrogen-bond donors (Lipinski definition) is 3. The molecule has 0 bridgehead atoms. The molecule has 4 nitrogen and oxygen atoms in total. The predicted molar refractivity (Wildman–Crippen MR) is 65.6 cm³/mol. The van der Waals surface area contributed by atoms with Gasteiger partial charge in [0.15, 0.2) is 0 Å². The predicted octanol–water partition coefficient (Wildman–Crippen LogP) is -0.00130. The van der Waals surface area contributed by atoms with Crippen molar-refractivity contribution in [3.8, 4) is 0 Å². The molecule has 6 heteroatoms. The van der Waals surface area contributed by atoms with Gasteiger partial charge < -0.3 is 15.7 Å². The summed E-state index contributed by atoms with van der Waals surface area (Å²) in [6.45, 7) is 3.28. The molecule has 1 aliphatic rings. The number of carbonyl (C=O) groups is 1. The van der Waals surface area contributed by atoms with Gasteiger partial charge in [-0.15, -0.1) is 12.4 Å². The summed E-state index contributed by atoms with van der Waals surface area (Å²) in [6, 6.07) is -0.209. The lowest BCUT2D eigenvalue weighted by Gasteiger charge is -2.13. The van der Waals surface area contributed by atoms with Crippen molar-refractivity contribution in [3.63, 3.8) is 0 Å². The van der Waals surface area contributed by atoms with E-state index in [-0.39, 0.29) is 30.5 Å². The number of carbonyl (C=O) groups excluding carboxylic acids is 1. The van der Waals surface area contributed by atoms with Gasteiger partial charge in [-0.3, -0.25) is 4.79 Å². The summed E-state index contributed by atoms with van der Waals surface area (Å²) < 4.78 is 0. The lowest BCUT2D eigenvalue weighted by molar-refractivity contribution is -0.122. The SMILES string of the molecule is CSC(C)CNC(=O)[C@H]1C[C@@H](O)CN1.Cl. The molecule has 1 fully saturated rings. The van der Waals surface area contributed by atoms with E-state index in [1.165, 1.54) is 0 Å². The number of aliphatic hydroxyl groups is 1. The summed E-state index contributed by atoms with van der Waals surface area (Å²) in [4.78, 5) is 11.5. The normalized spacial score (nSPS) is 26.9. The maximum atomic E-state index is 11.5. The maximum absolute atomic E-state index is 11.5. The van der Waals surface area contributed by atoms with E-state index in [1.807, 2.05) is 6.26 Å². The molecule has 1 aliphatic heterocycles. The molecule has 0 radical (unpaired) electrons. The van der Waals surface area contributed by atoms with E-state index in [1.54, 1.807) is 11.8 Å². The van der Waals surface area contributed by atoms with E-state index in [2.05, 4.69) is 17.6 Å². The molecule has 3 N–H and O–H groups in total. The number of nitrogens with one attached hydrogen (secondary N) is 2. The largest absolute Gasteiger partial charge is 0.392 e. The Balaban J connectivity index is 0.00000196. The van der Waals surface area contributed by atoms with Crippen molar-refractivity contribution in [2.75, 3.05) is 19.3 Å². The summed E-state index contributed by atoms with van der Waals surface area (Å²) in [5, 5.41) is 15.5. The Morgan fingerprint density at radius 3 is 2.87 bits per heavy atom. The van der Waals surface area contributed by atoms with Crippen molar-refractivity contribution in [3.05, 3.63) is 0 Å². The molecule has 1 heterocycles. The first-order valence-corrected chi connectivity index (χ1v) is 6.14. The number of aliphatic hydroxyl groups excluding tert-OH is 1. The highest BCUT2D eigenvalue weighted by molar-refractivity contribution is 7.99. The van der Waals surface area contributed by atoms with Crippen LogP contribution in [0.1, 0.15) is 13.3 Å². The number of β-amino-alcohol motifs (C(OH)–C–C–N with tert-alkyl or cyclic N) is 1. The molecule has 1 rings (SSSR count). The summed E-state index contributed by atoms with van der Waals surface area (Å²) >= 11 is 1.73. The zero-order chi connectivity index (χ0) is 10.6. The van der Waals surface area contributed by atoms with Gasteiger partial charge in [-0.1, -0.05) is 6.92 Å². The Kier molecular flexibility index (Phi) is 7.34. The van der Waals surface area contributed by atoms with Crippen molar-refractivity contribution >= 4 is 30.1 Å². The quantitative estimate of drug-likeness (QED) is 0.661. The van der Waals surface area contributed by atoms with Crippen LogP contribution in [0.3, 0.4) is 0 Å². The minimum atomic E-state index is -0.372. The van der Waals surface area contributed by atoms with Gasteiger partial charge in [-0.25, -0.2) is 0 Å². The van der Waals surface area contributed by atoms with Crippen LogP contribution < -0.4 is 10.6 Å². The Labute approximate surface area is 101 Å². The van der Waals surface area contributed by atoms with Crippen molar-refractivity contribution < 1.29 is 9.90 Å². The third-order valence-corrected chi connectivity index (χ3v) is 3.36. The van der Waals surface area contributed by atoms with E-state index in [4.69, 9.17) is 0 Å². The maximum Gasteiger partial charge on any atom is 0.237 e. The molecule has 0 aromatic heterocycles. The third-order valence-electron chi connectivity index (χ3n) is 2.39. The summed E-state index contributed by atoms with van der Waals surface area (Å²) in [5.41, 5.74) is 0. The van der Waals surface area contributed by atoms with Crippen LogP contribution in [-0.2, 0) is 4.79 Å². The molecule has 0 aliphatic carbocycles. The van der Waals surface area contributed by atoms with Crippen LogP contribution in [0, 0.1) is 0 Å². The molecule has 0 spiro atoms. The standard InChI is InChI=1S/C9H18N2O2S.ClH/c1-6(14-2)4-11-9(13)8-3-7(12)5-10-8;/h6-8,10,12H,3-5H2,1-2H3,(H,11,13);1H/t6?,7-,8-;/m1./s1. The Morgan fingerprint density at radius 1 is 1.73 bits per heavy atom. The molecule has 0 aromatic rings. The van der Waals surface area contributed by atoms with Crippen LogP contribution in [0.25, 0.3) is 0 Å². The van der Waals surface area contributed by atoms with Gasteiger partial charge in [0, 0.05) is 18.3 Å². The fourth-order valence-electron chi connectivity index (χ4n) is 1.37. The van der Waals surface area contributed by atoms with Crippen LogP contribution in [0.2, 0.25) is 0 Å². The summed E-state index contributed by atoms with van der Waals surface area (Å²) in [7, 11) is 0. The number of halogens is 1. The number of hydrogen-bond acceptors (Lipinski definition) is 4. The Hall–Kier alpha value is 0.0300. The monoisotopic (exact) mass is 254 g/mol. The minimum Gasteiger partial charge on any atom is -0.392 e. The second kappa shape index (κ2) is 7.33. The average molecular weight is 255 g/mol. The van der Waals surface area contributed by atoms with Crippen molar-refractivity contribution in [2.24, 2.45) is 0 Å². The number of thioether (sulfide) groups is 1. The molecule has 1 unspecified atom stereocenters. The zero-order valence-electron chi connectivity index (χ0n) is 9.03. The van der Waals surface area contributed by atoms with Crippen LogP contribution >= 0.6 is 24.2 Å². The molecule has 1 saturated heterocycles. The molecule has 0 saturated carbocycles. The second-order valence-corrected chi connectivity index (χ2v) is 4.92. The van der Waals surface area contributed by atoms with Crippen LogP contribution in [-0.4, -0.2) is 47.8 Å². The Morgan fingerprint density at radius 2 is 2.40 bits per heavy atom. The van der Waals surface area contributed by atoms with E-state index < -0.39 is 0 Å². The summed E-state index contributed by atoms with van der Waals surface area (Å²) in [6.07, 6.45) is 2.18. The molecular formula is C9H19ClN2O2S. The van der Waals surface area contributed by atoms with Gasteiger partial charge in [0.25, 0.3) is 0 Å². The lowest BCUT2D eigenvalue weighted by Crippen LogP contribution is -2.42. The van der Waals surface area contributed by atoms with Gasteiger partial charge in [0.05, 0.1) is 12.1 Å². The van der Waals surface area contributed by atoms with E-state index in [0.29, 0.717) is 24.8 Å². The summed E-state index contributed by atoms with van der Waals surface area (Å²) in [5.74, 6) is 0.00227. The minimum absolute atomic E-state index is 0.